The molecule has 0 spiro atoms. The van der Waals surface area contributed by atoms with Crippen molar-refractivity contribution in [2.24, 2.45) is 0 Å². The predicted molar refractivity (Wildman–Crippen MR) is 91.0 cm³/mol. The fraction of sp³-hybridized carbons (Fsp3) is 0.500. The molecule has 0 fully saturated rings. The zero-order valence-corrected chi connectivity index (χ0v) is 15.0. The molecule has 0 bridgehead atoms. The van der Waals surface area contributed by atoms with E-state index in [1.165, 1.54) is 7.11 Å². The highest BCUT2D eigenvalue weighted by molar-refractivity contribution is 7.67. The smallest absolute Gasteiger partial charge is 0.344 e. The molecule has 0 amide bonds. The van der Waals surface area contributed by atoms with E-state index in [0.717, 1.165) is 5.56 Å². The van der Waals surface area contributed by atoms with Crippen LogP contribution < -0.4 is 5.09 Å². The Bertz CT molecular complexity index is 526. The minimum absolute atomic E-state index is 0.108. The zero-order valence-electron chi connectivity index (χ0n) is 14.1. The lowest BCUT2D eigenvalue weighted by atomic mass is 10.1. The molecule has 6 heteroatoms. The number of carbonyl (C=O) groups is 1. The van der Waals surface area contributed by atoms with Crippen LogP contribution in [0.15, 0.2) is 30.3 Å². The molecule has 0 saturated carbocycles. The van der Waals surface area contributed by atoms with Crippen LogP contribution in [-0.4, -0.2) is 37.6 Å². The third-order valence-electron chi connectivity index (χ3n) is 2.73. The third-order valence-corrected chi connectivity index (χ3v) is 5.79. The maximum Gasteiger partial charge on any atom is 0.344 e. The van der Waals surface area contributed by atoms with Gasteiger partial charge in [-0.2, -0.15) is 0 Å². The first-order chi connectivity index (χ1) is 10.4. The fourth-order valence-electron chi connectivity index (χ4n) is 2.04. The number of ether oxygens (including phenoxy) is 1. The number of rotatable bonds is 7. The van der Waals surface area contributed by atoms with Crippen LogP contribution in [0.1, 0.15) is 33.3 Å². The average Bonchev–Trinajstić information content (AvgIpc) is 2.46. The van der Waals surface area contributed by atoms with E-state index in [1.54, 1.807) is 7.05 Å². The van der Waals surface area contributed by atoms with Gasteiger partial charge in [-0.05, 0) is 40.3 Å². The molecule has 0 aliphatic heterocycles. The highest BCUT2D eigenvalue weighted by atomic mass is 31.2. The molecular weight excluding hydrogens is 301 g/mol. The van der Waals surface area contributed by atoms with E-state index in [2.05, 4.69) is 5.09 Å². The molecule has 0 aliphatic rings. The van der Waals surface area contributed by atoms with Gasteiger partial charge in [0.15, 0.2) is 0 Å². The molecule has 0 aromatic heterocycles. The van der Waals surface area contributed by atoms with Crippen LogP contribution in [0.25, 0.3) is 0 Å². The molecule has 0 radical (unpaired) electrons. The number of hydrogen-bond donors (Lipinski definition) is 1. The normalized spacial score (nSPS) is 11.8. The molecule has 0 atom stereocenters. The Kier molecular flexibility index (Phi) is 7.30. The lowest BCUT2D eigenvalue weighted by molar-refractivity contribution is -0.132. The molecule has 22 heavy (non-hydrogen) atoms. The number of esters is 1. The highest BCUT2D eigenvalue weighted by Crippen LogP contribution is 2.50. The van der Waals surface area contributed by atoms with E-state index < -0.39 is 13.5 Å². The van der Waals surface area contributed by atoms with E-state index in [0.29, 0.717) is 5.29 Å². The summed E-state index contributed by atoms with van der Waals surface area (Å²) in [5.41, 5.74) is 0.735. The van der Waals surface area contributed by atoms with E-state index >= 15 is 0 Å². The summed E-state index contributed by atoms with van der Waals surface area (Å²) in [5.74, 6) is -0.449. The summed E-state index contributed by atoms with van der Waals surface area (Å²) in [6, 6.07) is 9.34. The van der Waals surface area contributed by atoms with Crippen molar-refractivity contribution in [2.45, 2.75) is 39.9 Å². The SMILES string of the molecule is CNP(OC(C)C)(OC(C)C)=C(C(=O)OC)c1ccccc1. The Morgan fingerprint density at radius 3 is 1.91 bits per heavy atom. The van der Waals surface area contributed by atoms with Crippen molar-refractivity contribution in [3.05, 3.63) is 35.9 Å². The second-order valence-corrected chi connectivity index (χ2v) is 7.71. The first kappa shape index (κ1) is 18.9. The van der Waals surface area contributed by atoms with Gasteiger partial charge in [0, 0.05) is 0 Å². The van der Waals surface area contributed by atoms with E-state index in [9.17, 15) is 4.79 Å². The zero-order chi connectivity index (χ0) is 16.8. The number of nitrogens with one attached hydrogen (secondary N) is 1. The molecule has 0 aliphatic carbocycles. The van der Waals surface area contributed by atoms with Crippen LogP contribution in [0.5, 0.6) is 0 Å². The summed E-state index contributed by atoms with van der Waals surface area (Å²) in [5, 5.41) is 3.52. The third kappa shape index (κ3) is 4.68. The van der Waals surface area contributed by atoms with Crippen molar-refractivity contribution in [3.8, 4) is 0 Å². The molecule has 0 heterocycles. The van der Waals surface area contributed by atoms with Crippen LogP contribution in [0.4, 0.5) is 0 Å². The van der Waals surface area contributed by atoms with Gasteiger partial charge in [-0.1, -0.05) is 30.3 Å². The maximum absolute atomic E-state index is 12.4. The van der Waals surface area contributed by atoms with Crippen molar-refractivity contribution in [2.75, 3.05) is 14.2 Å². The van der Waals surface area contributed by atoms with Gasteiger partial charge in [-0.3, -0.25) is 5.09 Å². The molecule has 1 aromatic rings. The lowest BCUT2D eigenvalue weighted by Crippen LogP contribution is -2.28. The van der Waals surface area contributed by atoms with Crippen molar-refractivity contribution in [1.29, 1.82) is 0 Å². The standard InChI is InChI=1S/C16H26NO4P/c1-12(2)20-22(17-5,21-13(3)4)15(16(18)19-6)14-10-8-7-9-11-14/h7-13,17H,1-6H3. The average molecular weight is 327 g/mol. The van der Waals surface area contributed by atoms with Crippen molar-refractivity contribution in [1.82, 2.24) is 5.09 Å². The second-order valence-electron chi connectivity index (χ2n) is 5.29. The molecule has 124 valence electrons. The Balaban J connectivity index is 3.67. The van der Waals surface area contributed by atoms with Crippen LogP contribution in [0.3, 0.4) is 0 Å². The summed E-state index contributed by atoms with van der Waals surface area (Å²) in [4.78, 5) is 12.4. The Morgan fingerprint density at radius 1 is 1.05 bits per heavy atom. The van der Waals surface area contributed by atoms with Crippen LogP contribution in [0.2, 0.25) is 0 Å². The van der Waals surface area contributed by atoms with E-state index in [-0.39, 0.29) is 12.2 Å². The van der Waals surface area contributed by atoms with Gasteiger partial charge in [0.2, 0.25) is 7.49 Å². The summed E-state index contributed by atoms with van der Waals surface area (Å²) in [7, 11) is 0.300. The molecule has 0 saturated heterocycles. The van der Waals surface area contributed by atoms with Gasteiger partial charge in [-0.15, -0.1) is 0 Å². The number of carbonyl (C=O) groups excluding carboxylic acids is 1. The van der Waals surface area contributed by atoms with Gasteiger partial charge < -0.3 is 13.8 Å². The first-order valence-electron chi connectivity index (χ1n) is 7.32. The maximum atomic E-state index is 12.4. The largest absolute Gasteiger partial charge is 0.465 e. The van der Waals surface area contributed by atoms with Gasteiger partial charge >= 0.3 is 5.97 Å². The molecule has 1 N–H and O–H groups in total. The van der Waals surface area contributed by atoms with E-state index in [1.807, 2.05) is 58.0 Å². The molecule has 0 unspecified atom stereocenters. The summed E-state index contributed by atoms with van der Waals surface area (Å²) in [6.07, 6.45) is -0.217. The van der Waals surface area contributed by atoms with Crippen molar-refractivity contribution < 1.29 is 18.6 Å². The van der Waals surface area contributed by atoms with Crippen LogP contribution in [-0.2, 0) is 18.6 Å². The Labute approximate surface area is 133 Å². The van der Waals surface area contributed by atoms with Crippen LogP contribution in [0, 0.1) is 0 Å². The summed E-state index contributed by atoms with van der Waals surface area (Å²) in [6.45, 7) is 7.65. The topological polar surface area (TPSA) is 56.8 Å². The monoisotopic (exact) mass is 327 g/mol. The summed E-state index contributed by atoms with van der Waals surface area (Å²) >= 11 is 0. The first-order valence-corrected chi connectivity index (χ1v) is 8.95. The molecular formula is C16H26NO4P. The fourth-order valence-corrected chi connectivity index (χ4v) is 4.75. The molecule has 1 aromatic carbocycles. The van der Waals surface area contributed by atoms with Gasteiger partial charge in [-0.25, -0.2) is 4.79 Å². The van der Waals surface area contributed by atoms with Gasteiger partial charge in [0.25, 0.3) is 0 Å². The Hall–Kier alpha value is -1.13. The second kappa shape index (κ2) is 8.49. The number of methoxy groups -OCH3 is 1. The molecule has 5 nitrogen and oxygen atoms in total. The highest BCUT2D eigenvalue weighted by Gasteiger charge is 2.32. The van der Waals surface area contributed by atoms with Gasteiger partial charge in [0.05, 0.1) is 19.3 Å². The van der Waals surface area contributed by atoms with Crippen molar-refractivity contribution in [3.63, 3.8) is 0 Å². The predicted octanol–water partition coefficient (Wildman–Crippen LogP) is 3.21. The quantitative estimate of drug-likeness (QED) is 0.615. The number of hydrogen-bond acceptors (Lipinski definition) is 5. The number of benzene rings is 1. The lowest BCUT2D eigenvalue weighted by Gasteiger charge is -2.32. The minimum atomic E-state index is -2.80. The van der Waals surface area contributed by atoms with Gasteiger partial charge in [0.1, 0.15) is 5.29 Å². The summed E-state index contributed by atoms with van der Waals surface area (Å²) < 4.78 is 17.1. The van der Waals surface area contributed by atoms with E-state index in [4.69, 9.17) is 13.8 Å². The molecule has 1 rings (SSSR count). The van der Waals surface area contributed by atoms with Crippen molar-refractivity contribution >= 4 is 18.8 Å². The minimum Gasteiger partial charge on any atom is -0.465 e. The Morgan fingerprint density at radius 2 is 1.55 bits per heavy atom. The van der Waals surface area contributed by atoms with Crippen LogP contribution >= 0.6 is 7.49 Å².